The maximum Gasteiger partial charge on any atom is 0.272 e. The first-order chi connectivity index (χ1) is 12.6. The molecule has 9 heteroatoms. The highest BCUT2D eigenvalue weighted by Gasteiger charge is 2.24. The van der Waals surface area contributed by atoms with E-state index in [4.69, 9.17) is 16.3 Å². The number of halogens is 2. The number of allylic oxidation sites excluding steroid dienone is 1. The number of nitrogens with one attached hydrogen (secondary N) is 1. The molecule has 1 aromatic carbocycles. The number of carbonyl (C=O) groups is 1. The van der Waals surface area contributed by atoms with Gasteiger partial charge in [0.05, 0.1) is 40.9 Å². The Labute approximate surface area is 163 Å². The summed E-state index contributed by atoms with van der Waals surface area (Å²) in [5.74, 6) is -0.869. The van der Waals surface area contributed by atoms with Gasteiger partial charge in [0.2, 0.25) is 0 Å². The molecule has 0 saturated carbocycles. The molecule has 1 amide bonds. The van der Waals surface area contributed by atoms with Crippen LogP contribution in [0.1, 0.15) is 4.88 Å². The number of carbonyl (C=O) groups excluding carboxylic acids is 1. The van der Waals surface area contributed by atoms with Gasteiger partial charge in [-0.15, -0.1) is 11.3 Å². The third-order valence-corrected chi connectivity index (χ3v) is 5.50. The Hall–Kier alpha value is -1.87. The first kappa shape index (κ1) is 18.9. The molecule has 136 valence electrons. The van der Waals surface area contributed by atoms with E-state index in [1.807, 2.05) is 17.5 Å². The Morgan fingerprint density at radius 2 is 2.27 bits per heavy atom. The molecule has 2 aromatic rings. The molecular formula is C17H15ClFN3O2S2. The number of amides is 1. The van der Waals surface area contributed by atoms with Crippen molar-refractivity contribution in [1.82, 2.24) is 4.31 Å². The van der Waals surface area contributed by atoms with Crippen molar-refractivity contribution in [1.29, 1.82) is 0 Å². The number of hydrogen-bond donors (Lipinski definition) is 1. The van der Waals surface area contributed by atoms with Crippen LogP contribution in [-0.4, -0.2) is 36.2 Å². The summed E-state index contributed by atoms with van der Waals surface area (Å²) in [6, 6.07) is 7.92. The van der Waals surface area contributed by atoms with Gasteiger partial charge >= 0.3 is 0 Å². The summed E-state index contributed by atoms with van der Waals surface area (Å²) in [5, 5.41) is 4.65. The molecule has 0 atom stereocenters. The number of methoxy groups -OCH3 is 1. The second-order valence-corrected chi connectivity index (χ2v) is 7.38. The Morgan fingerprint density at radius 3 is 2.96 bits per heavy atom. The number of anilines is 1. The van der Waals surface area contributed by atoms with Gasteiger partial charge in [-0.25, -0.2) is 4.39 Å². The highest BCUT2D eigenvalue weighted by Crippen LogP contribution is 2.28. The monoisotopic (exact) mass is 411 g/mol. The molecular weight excluding hydrogens is 397 g/mol. The van der Waals surface area contributed by atoms with Crippen molar-refractivity contribution >= 4 is 52.4 Å². The second-order valence-electron chi connectivity index (χ2n) is 5.24. The summed E-state index contributed by atoms with van der Waals surface area (Å²) in [7, 11) is 1.60. The van der Waals surface area contributed by atoms with Crippen LogP contribution < -0.4 is 5.32 Å². The van der Waals surface area contributed by atoms with E-state index in [-0.39, 0.29) is 10.9 Å². The minimum Gasteiger partial charge on any atom is -0.383 e. The van der Waals surface area contributed by atoms with Crippen molar-refractivity contribution in [3.8, 4) is 0 Å². The molecule has 0 unspecified atom stereocenters. The molecule has 0 saturated heterocycles. The van der Waals surface area contributed by atoms with Crippen LogP contribution in [0, 0.1) is 5.82 Å². The van der Waals surface area contributed by atoms with Crippen LogP contribution in [-0.2, 0) is 9.53 Å². The van der Waals surface area contributed by atoms with E-state index >= 15 is 0 Å². The molecule has 1 N–H and O–H groups in total. The van der Waals surface area contributed by atoms with E-state index in [0.29, 0.717) is 24.5 Å². The topological polar surface area (TPSA) is 53.9 Å². The number of benzene rings is 1. The van der Waals surface area contributed by atoms with Crippen LogP contribution >= 0.6 is 35.1 Å². The predicted octanol–water partition coefficient (Wildman–Crippen LogP) is 4.38. The van der Waals surface area contributed by atoms with Crippen LogP contribution in [0.25, 0.3) is 0 Å². The lowest BCUT2D eigenvalue weighted by Gasteiger charge is -2.26. The maximum atomic E-state index is 13.3. The third-order valence-electron chi connectivity index (χ3n) is 3.46. The summed E-state index contributed by atoms with van der Waals surface area (Å²) in [6.45, 7) is 0.940. The predicted molar refractivity (Wildman–Crippen MR) is 105 cm³/mol. The Morgan fingerprint density at radius 1 is 1.42 bits per heavy atom. The second kappa shape index (κ2) is 8.68. The smallest absolute Gasteiger partial charge is 0.272 e. The van der Waals surface area contributed by atoms with Gasteiger partial charge < -0.3 is 10.1 Å². The lowest BCUT2D eigenvalue weighted by Crippen LogP contribution is -2.31. The van der Waals surface area contributed by atoms with Crippen molar-refractivity contribution in [2.75, 3.05) is 25.6 Å². The van der Waals surface area contributed by atoms with E-state index in [2.05, 4.69) is 9.71 Å². The lowest BCUT2D eigenvalue weighted by molar-refractivity contribution is -0.113. The normalized spacial score (nSPS) is 14.0. The van der Waals surface area contributed by atoms with Crippen LogP contribution in [0.3, 0.4) is 0 Å². The van der Waals surface area contributed by atoms with Gasteiger partial charge in [0, 0.05) is 12.8 Å². The molecule has 1 aromatic heterocycles. The maximum absolute atomic E-state index is 13.3. The van der Waals surface area contributed by atoms with Crippen molar-refractivity contribution < 1.29 is 13.9 Å². The standard InChI is InChI=1S/C17H15ClFN3O2S2/c1-24-7-6-22-15(10-14(21-26-22)16-3-2-8-25-16)17(23)20-11-4-5-13(19)12(18)9-11/h2-5,8-10H,6-7H2,1H3,(H,20,23). The average Bonchev–Trinajstić information content (AvgIpc) is 3.17. The molecule has 26 heavy (non-hydrogen) atoms. The molecule has 0 aliphatic carbocycles. The summed E-state index contributed by atoms with van der Waals surface area (Å²) in [4.78, 5) is 13.8. The Balaban J connectivity index is 1.84. The Bertz CT molecular complexity index is 856. The number of nitrogens with zero attached hydrogens (tertiary/aromatic N) is 2. The summed E-state index contributed by atoms with van der Waals surface area (Å²) in [5.41, 5.74) is 1.58. The molecule has 0 fully saturated rings. The zero-order valence-corrected chi connectivity index (χ0v) is 16.1. The quantitative estimate of drug-likeness (QED) is 0.717. The number of ether oxygens (including phenoxy) is 1. The fraction of sp³-hybridized carbons (Fsp3) is 0.176. The number of thiophene rings is 1. The molecule has 5 nitrogen and oxygen atoms in total. The molecule has 1 aliphatic rings. The zero-order chi connectivity index (χ0) is 18.5. The van der Waals surface area contributed by atoms with Gasteiger partial charge in [-0.05, 0) is 35.7 Å². The van der Waals surface area contributed by atoms with E-state index in [1.165, 1.54) is 30.3 Å². The third kappa shape index (κ3) is 4.45. The van der Waals surface area contributed by atoms with Crippen LogP contribution in [0.15, 0.2) is 51.9 Å². The van der Waals surface area contributed by atoms with Crippen LogP contribution in [0.4, 0.5) is 10.1 Å². The highest BCUT2D eigenvalue weighted by atomic mass is 35.5. The zero-order valence-electron chi connectivity index (χ0n) is 13.7. The van der Waals surface area contributed by atoms with Gasteiger partial charge in [-0.2, -0.15) is 4.40 Å². The minimum atomic E-state index is -0.536. The van der Waals surface area contributed by atoms with Gasteiger partial charge in [0.15, 0.2) is 0 Å². The lowest BCUT2D eigenvalue weighted by atomic mass is 10.2. The van der Waals surface area contributed by atoms with Gasteiger partial charge in [-0.3, -0.25) is 9.10 Å². The van der Waals surface area contributed by atoms with Crippen molar-refractivity contribution in [3.05, 3.63) is 63.2 Å². The van der Waals surface area contributed by atoms with Gasteiger partial charge in [-0.1, -0.05) is 17.7 Å². The van der Waals surface area contributed by atoms with Crippen molar-refractivity contribution in [2.45, 2.75) is 0 Å². The van der Waals surface area contributed by atoms with E-state index in [9.17, 15) is 9.18 Å². The van der Waals surface area contributed by atoms with Crippen molar-refractivity contribution in [3.63, 3.8) is 0 Å². The summed E-state index contributed by atoms with van der Waals surface area (Å²) < 4.78 is 24.6. The molecule has 3 rings (SSSR count). The van der Waals surface area contributed by atoms with E-state index in [0.717, 1.165) is 10.6 Å². The van der Waals surface area contributed by atoms with Gasteiger partial charge in [0.1, 0.15) is 11.5 Å². The van der Waals surface area contributed by atoms with Gasteiger partial charge in [0.25, 0.3) is 5.91 Å². The highest BCUT2D eigenvalue weighted by molar-refractivity contribution is 7.96. The molecule has 1 aliphatic heterocycles. The minimum absolute atomic E-state index is 0.0492. The van der Waals surface area contributed by atoms with E-state index in [1.54, 1.807) is 28.8 Å². The Kier molecular flexibility index (Phi) is 6.31. The molecule has 0 bridgehead atoms. The fourth-order valence-electron chi connectivity index (χ4n) is 2.19. The van der Waals surface area contributed by atoms with Crippen molar-refractivity contribution in [2.24, 2.45) is 4.40 Å². The number of hydrogen-bond acceptors (Lipinski definition) is 6. The summed E-state index contributed by atoms with van der Waals surface area (Å²) >= 11 is 8.52. The van der Waals surface area contributed by atoms with Crippen LogP contribution in [0.2, 0.25) is 5.02 Å². The first-order valence-electron chi connectivity index (χ1n) is 7.62. The number of rotatable bonds is 6. The SMILES string of the molecule is COCCN1SN=C(c2cccs2)C=C1C(=O)Nc1ccc(F)c(Cl)c1. The summed E-state index contributed by atoms with van der Waals surface area (Å²) in [6.07, 6.45) is 1.73. The largest absolute Gasteiger partial charge is 0.383 e. The first-order valence-corrected chi connectivity index (χ1v) is 9.61. The fourth-order valence-corrected chi connectivity index (χ4v) is 3.83. The molecule has 0 radical (unpaired) electrons. The molecule has 2 heterocycles. The molecule has 0 spiro atoms. The van der Waals surface area contributed by atoms with Crippen LogP contribution in [0.5, 0.6) is 0 Å². The average molecular weight is 412 g/mol. The van der Waals surface area contributed by atoms with E-state index < -0.39 is 5.82 Å².